The van der Waals surface area contributed by atoms with Gasteiger partial charge in [-0.3, -0.25) is 0 Å². The van der Waals surface area contributed by atoms with Gasteiger partial charge in [0.25, 0.3) is 0 Å². The summed E-state index contributed by atoms with van der Waals surface area (Å²) in [5, 5.41) is 0. The molecule has 0 amide bonds. The molecule has 0 saturated heterocycles. The number of hydrogen-bond donors (Lipinski definition) is 0. The monoisotopic (exact) mass is 138 g/mol. The molecule has 58 valence electrons. The van der Waals surface area contributed by atoms with Gasteiger partial charge in [0.2, 0.25) is 0 Å². The van der Waals surface area contributed by atoms with E-state index in [-0.39, 0.29) is 0 Å². The molecule has 0 aromatic rings. The van der Waals surface area contributed by atoms with Gasteiger partial charge in [-0.2, -0.15) is 0 Å². The molecule has 0 aromatic heterocycles. The molecule has 0 aliphatic carbocycles. The van der Waals surface area contributed by atoms with Crippen LogP contribution >= 0.6 is 0 Å². The van der Waals surface area contributed by atoms with Gasteiger partial charge < -0.3 is 0 Å². The Hall–Kier alpha value is 0.0649. The van der Waals surface area contributed by atoms with E-state index in [9.17, 15) is 0 Å². The van der Waals surface area contributed by atoms with Crippen LogP contribution in [0.1, 0.15) is 34.6 Å². The van der Waals surface area contributed by atoms with Gasteiger partial charge in [0, 0.05) is 0 Å². The van der Waals surface area contributed by atoms with Gasteiger partial charge >= 0.3 is 0 Å². The lowest BCUT2D eigenvalue weighted by atomic mass is 9.67. The Morgan fingerprint density at radius 1 is 0.800 bits per heavy atom. The Kier molecular flexibility index (Phi) is 4.08. The minimum Gasteiger partial charge on any atom is -0.0724 e. The summed E-state index contributed by atoms with van der Waals surface area (Å²) in [6, 6.07) is 0. The number of hydrogen-bond acceptors (Lipinski definition) is 0. The molecule has 0 N–H and O–H groups in total. The van der Waals surface area contributed by atoms with E-state index >= 15 is 0 Å². The Balaban J connectivity index is 3.81. The van der Waals surface area contributed by atoms with Crippen molar-refractivity contribution in [2.45, 2.75) is 40.4 Å². The fraction of sp³-hybridized carbons (Fsp3) is 1.00. The third kappa shape index (κ3) is 2.77. The maximum Gasteiger partial charge on any atom is 0.0706 e. The molecule has 0 fully saturated rings. The fourth-order valence-electron chi connectivity index (χ4n) is 1.05. The van der Waals surface area contributed by atoms with E-state index in [0.717, 1.165) is 0 Å². The Morgan fingerprint density at radius 2 is 1.20 bits per heavy atom. The molecule has 0 nitrogen and oxygen atoms in total. The molecule has 2 unspecified atom stereocenters. The van der Waals surface area contributed by atoms with Gasteiger partial charge in [0.1, 0.15) is 0 Å². The van der Waals surface area contributed by atoms with Crippen molar-refractivity contribution in [1.82, 2.24) is 0 Å². The van der Waals surface area contributed by atoms with Crippen molar-refractivity contribution in [3.63, 3.8) is 0 Å². The molecule has 10 heavy (non-hydrogen) atoms. The lowest BCUT2D eigenvalue weighted by Gasteiger charge is -2.26. The molecule has 0 bridgehead atoms. The van der Waals surface area contributed by atoms with Crippen LogP contribution in [0.15, 0.2) is 0 Å². The third-order valence-corrected chi connectivity index (χ3v) is 2.43. The molecule has 2 atom stereocenters. The largest absolute Gasteiger partial charge is 0.0724 e. The molecule has 0 heterocycles. The average molecular weight is 138 g/mol. The minimum absolute atomic E-state index is 0.361. The van der Waals surface area contributed by atoms with E-state index in [4.69, 9.17) is 7.85 Å². The lowest BCUT2D eigenvalue weighted by Crippen LogP contribution is -2.16. The van der Waals surface area contributed by atoms with Gasteiger partial charge in [0.15, 0.2) is 0 Å². The summed E-state index contributed by atoms with van der Waals surface area (Å²) in [5.74, 6) is 2.31. The highest BCUT2D eigenvalue weighted by Crippen LogP contribution is 2.28. The van der Waals surface area contributed by atoms with E-state index in [0.29, 0.717) is 23.6 Å². The second-order valence-electron chi connectivity index (χ2n) is 3.92. The molecule has 0 saturated carbocycles. The zero-order valence-electron chi connectivity index (χ0n) is 7.89. The van der Waals surface area contributed by atoms with Crippen molar-refractivity contribution in [2.75, 3.05) is 0 Å². The molecule has 0 aromatic carbocycles. The number of rotatable bonds is 3. The summed E-state index contributed by atoms with van der Waals surface area (Å²) < 4.78 is 0. The maximum absolute atomic E-state index is 5.96. The topological polar surface area (TPSA) is 0 Å². The molecule has 2 radical (unpaired) electrons. The molecule has 0 aliphatic heterocycles. The summed E-state index contributed by atoms with van der Waals surface area (Å²) in [4.78, 5) is 0. The van der Waals surface area contributed by atoms with Gasteiger partial charge in [-0.1, -0.05) is 46.4 Å². The molecule has 0 aliphatic rings. The Morgan fingerprint density at radius 3 is 1.30 bits per heavy atom. The van der Waals surface area contributed by atoms with Crippen LogP contribution in [-0.2, 0) is 0 Å². The summed E-state index contributed by atoms with van der Waals surface area (Å²) in [5.41, 5.74) is 0. The summed E-state index contributed by atoms with van der Waals surface area (Å²) >= 11 is 0. The van der Waals surface area contributed by atoms with Crippen LogP contribution in [0.4, 0.5) is 0 Å². The van der Waals surface area contributed by atoms with E-state index in [1.165, 1.54) is 0 Å². The molecular weight excluding hydrogens is 119 g/mol. The highest BCUT2D eigenvalue weighted by Gasteiger charge is 2.17. The van der Waals surface area contributed by atoms with Crippen molar-refractivity contribution >= 4 is 7.85 Å². The van der Waals surface area contributed by atoms with Crippen LogP contribution in [0, 0.1) is 17.8 Å². The van der Waals surface area contributed by atoms with Crippen LogP contribution in [0.5, 0.6) is 0 Å². The van der Waals surface area contributed by atoms with Gasteiger partial charge in [-0.25, -0.2) is 0 Å². The molecular formula is C9H19B. The van der Waals surface area contributed by atoms with Crippen molar-refractivity contribution in [1.29, 1.82) is 0 Å². The van der Waals surface area contributed by atoms with E-state index in [1.54, 1.807) is 0 Å². The molecule has 1 heteroatoms. The lowest BCUT2D eigenvalue weighted by molar-refractivity contribution is 0.345. The Bertz CT molecular complexity index is 74.7. The summed E-state index contributed by atoms with van der Waals surface area (Å²) in [6.45, 7) is 11.1. The van der Waals surface area contributed by atoms with Crippen molar-refractivity contribution in [2.24, 2.45) is 17.8 Å². The first kappa shape index (κ1) is 10.1. The van der Waals surface area contributed by atoms with Crippen LogP contribution in [0.2, 0.25) is 5.82 Å². The zero-order chi connectivity index (χ0) is 8.31. The first-order chi connectivity index (χ1) is 4.46. The second kappa shape index (κ2) is 4.05. The smallest absolute Gasteiger partial charge is 0.0706 e. The quantitative estimate of drug-likeness (QED) is 0.526. The van der Waals surface area contributed by atoms with E-state index in [2.05, 4.69) is 34.6 Å². The van der Waals surface area contributed by atoms with Crippen molar-refractivity contribution < 1.29 is 0 Å². The average Bonchev–Trinajstić information content (AvgIpc) is 1.84. The first-order valence-electron chi connectivity index (χ1n) is 4.22. The first-order valence-corrected chi connectivity index (χ1v) is 4.22. The van der Waals surface area contributed by atoms with E-state index in [1.807, 2.05) is 0 Å². The van der Waals surface area contributed by atoms with E-state index < -0.39 is 0 Å². The second-order valence-corrected chi connectivity index (χ2v) is 3.92. The summed E-state index contributed by atoms with van der Waals surface area (Å²) in [6.07, 6.45) is 0. The van der Waals surface area contributed by atoms with Crippen LogP contribution in [-0.4, -0.2) is 7.85 Å². The maximum atomic E-state index is 5.96. The SMILES string of the molecule is [B]C(C(C)C)C(C)C(C)C. The standard InChI is InChI=1S/C9H19B/c1-6(2)8(5)9(10)7(3)4/h6-9H,1-5H3. The van der Waals surface area contributed by atoms with Crippen molar-refractivity contribution in [3.05, 3.63) is 0 Å². The normalized spacial score (nSPS) is 17.9. The van der Waals surface area contributed by atoms with Gasteiger partial charge in [0.05, 0.1) is 7.85 Å². The van der Waals surface area contributed by atoms with Gasteiger partial charge in [-0.05, 0) is 11.8 Å². The predicted octanol–water partition coefficient (Wildman–Crippen LogP) is 2.89. The van der Waals surface area contributed by atoms with Gasteiger partial charge in [-0.15, -0.1) is 0 Å². The highest BCUT2D eigenvalue weighted by atomic mass is 14.2. The fourth-order valence-corrected chi connectivity index (χ4v) is 1.05. The minimum atomic E-state index is 0.361. The van der Waals surface area contributed by atoms with Crippen LogP contribution in [0.25, 0.3) is 0 Å². The van der Waals surface area contributed by atoms with Crippen molar-refractivity contribution in [3.8, 4) is 0 Å². The predicted molar refractivity (Wildman–Crippen MR) is 48.3 cm³/mol. The third-order valence-electron chi connectivity index (χ3n) is 2.43. The molecule has 0 spiro atoms. The van der Waals surface area contributed by atoms with Crippen LogP contribution in [0.3, 0.4) is 0 Å². The Labute approximate surface area is 66.8 Å². The van der Waals surface area contributed by atoms with Crippen LogP contribution < -0.4 is 0 Å². The zero-order valence-corrected chi connectivity index (χ0v) is 7.89. The molecule has 0 rings (SSSR count). The highest BCUT2D eigenvalue weighted by molar-refractivity contribution is 6.11. The summed E-state index contributed by atoms with van der Waals surface area (Å²) in [7, 11) is 5.96.